The van der Waals surface area contributed by atoms with E-state index in [1.165, 1.54) is 0 Å². The molecule has 8 nitrogen and oxygen atoms in total. The highest BCUT2D eigenvalue weighted by atomic mass is 28.4. The third-order valence-corrected chi connectivity index (χ3v) is 14.2. The zero-order valence-corrected chi connectivity index (χ0v) is 27.3. The van der Waals surface area contributed by atoms with Crippen LogP contribution in [0.5, 0.6) is 0 Å². The minimum Gasteiger partial charge on any atom is -0.459 e. The van der Waals surface area contributed by atoms with Crippen LogP contribution in [0.15, 0.2) is 30.3 Å². The van der Waals surface area contributed by atoms with Crippen molar-refractivity contribution in [1.29, 1.82) is 0 Å². The second-order valence-electron chi connectivity index (χ2n) is 12.2. The molecular formula is C32H52O8Si. The first-order chi connectivity index (χ1) is 18.9. The number of hydrogen-bond donors (Lipinski definition) is 0. The fourth-order valence-corrected chi connectivity index (χ4v) is 9.39. The molecule has 2 saturated heterocycles. The van der Waals surface area contributed by atoms with Crippen molar-refractivity contribution < 1.29 is 38.5 Å². The van der Waals surface area contributed by atoms with Gasteiger partial charge >= 0.3 is 5.97 Å². The monoisotopic (exact) mass is 592 g/mol. The largest absolute Gasteiger partial charge is 0.459 e. The Labute approximate surface area is 247 Å². The topological polar surface area (TPSA) is 120 Å². The number of cyclic esters (lactones) is 1. The Morgan fingerprint density at radius 1 is 0.927 bits per heavy atom. The van der Waals surface area contributed by atoms with E-state index in [0.717, 1.165) is 23.7 Å². The lowest BCUT2D eigenvalue weighted by atomic mass is 9.83. The molecule has 2 aliphatic rings. The van der Waals surface area contributed by atoms with E-state index in [2.05, 4.69) is 20.8 Å². The van der Waals surface area contributed by atoms with Gasteiger partial charge in [0.05, 0.1) is 24.7 Å². The molecule has 1 aromatic rings. The van der Waals surface area contributed by atoms with Gasteiger partial charge in [-0.1, -0.05) is 65.0 Å². The van der Waals surface area contributed by atoms with Gasteiger partial charge in [0, 0.05) is 12.8 Å². The van der Waals surface area contributed by atoms with Crippen LogP contribution in [-0.2, 0) is 39.6 Å². The average molecular weight is 593 g/mol. The highest BCUT2D eigenvalue weighted by molar-refractivity contribution is 6.73. The molecule has 7 atom stereocenters. The fourth-order valence-electron chi connectivity index (χ4n) is 6.31. The van der Waals surface area contributed by atoms with Gasteiger partial charge in [0.15, 0.2) is 19.9 Å². The lowest BCUT2D eigenvalue weighted by molar-refractivity contribution is -0.175. The minimum absolute atomic E-state index is 0. The van der Waals surface area contributed by atoms with Gasteiger partial charge < -0.3 is 24.1 Å². The smallest absolute Gasteiger partial charge is 0.311 e. The number of hydrogen-bond acceptors (Lipinski definition) is 7. The summed E-state index contributed by atoms with van der Waals surface area (Å²) in [6.45, 7) is 15.9. The van der Waals surface area contributed by atoms with Gasteiger partial charge in [0.2, 0.25) is 0 Å². The van der Waals surface area contributed by atoms with E-state index in [4.69, 9.17) is 18.6 Å². The Kier molecular flexibility index (Phi) is 12.5. The maximum Gasteiger partial charge on any atom is 0.311 e. The molecule has 2 heterocycles. The van der Waals surface area contributed by atoms with Crippen molar-refractivity contribution >= 4 is 25.9 Å². The Morgan fingerprint density at radius 2 is 1.54 bits per heavy atom. The van der Waals surface area contributed by atoms with Crippen LogP contribution in [0.3, 0.4) is 0 Å². The van der Waals surface area contributed by atoms with E-state index < -0.39 is 49.7 Å². The SMILES string of the molecule is CC[C@H]1OC(=O)[C@H](C)[C@@H](OCc2ccccc2)CC(=O)[C@@]2(C)C[C@@H](C)[C@@H](CC(=O)[C@]1(C)O[Si](CC)(CC)CC)O2.O. The summed E-state index contributed by atoms with van der Waals surface area (Å²) in [4.78, 5) is 41.5. The number of fused-ring (bicyclic) bond motifs is 2. The van der Waals surface area contributed by atoms with Crippen molar-refractivity contribution in [3.05, 3.63) is 35.9 Å². The molecule has 232 valence electrons. The first-order valence-electron chi connectivity index (χ1n) is 15.2. The molecule has 41 heavy (non-hydrogen) atoms. The minimum atomic E-state index is -2.28. The maximum absolute atomic E-state index is 14.2. The number of esters is 1. The molecular weight excluding hydrogens is 540 g/mol. The Hall–Kier alpha value is -1.91. The Bertz CT molecular complexity index is 1020. The van der Waals surface area contributed by atoms with E-state index in [9.17, 15) is 14.4 Å². The second-order valence-corrected chi connectivity index (χ2v) is 16.9. The average Bonchev–Trinajstić information content (AvgIpc) is 3.25. The highest BCUT2D eigenvalue weighted by Crippen LogP contribution is 2.41. The third kappa shape index (κ3) is 7.73. The molecule has 0 spiro atoms. The van der Waals surface area contributed by atoms with Crippen molar-refractivity contribution in [2.24, 2.45) is 11.8 Å². The number of benzene rings is 1. The maximum atomic E-state index is 14.2. The van der Waals surface area contributed by atoms with Crippen LogP contribution in [0.1, 0.15) is 86.6 Å². The predicted octanol–water partition coefficient (Wildman–Crippen LogP) is 5.60. The zero-order valence-electron chi connectivity index (χ0n) is 26.3. The molecule has 2 N–H and O–H groups in total. The molecule has 3 rings (SSSR count). The lowest BCUT2D eigenvalue weighted by Gasteiger charge is -2.43. The molecule has 9 heteroatoms. The molecule has 1 aromatic carbocycles. The van der Waals surface area contributed by atoms with Crippen molar-refractivity contribution in [3.8, 4) is 0 Å². The molecule has 2 fully saturated rings. The quantitative estimate of drug-likeness (QED) is 0.270. The Morgan fingerprint density at radius 3 is 2.10 bits per heavy atom. The van der Waals surface area contributed by atoms with Crippen LogP contribution in [0.25, 0.3) is 0 Å². The van der Waals surface area contributed by atoms with Crippen LogP contribution in [0, 0.1) is 11.8 Å². The summed E-state index contributed by atoms with van der Waals surface area (Å²) in [5, 5.41) is 0. The molecule has 2 bridgehead atoms. The number of Topliss-reactive ketones (excluding diaryl/α,β-unsaturated/α-hetero) is 2. The molecule has 0 aliphatic carbocycles. The second kappa shape index (κ2) is 14.5. The summed E-state index contributed by atoms with van der Waals surface area (Å²) < 4.78 is 25.7. The molecule has 0 amide bonds. The molecule has 0 unspecified atom stereocenters. The summed E-state index contributed by atoms with van der Waals surface area (Å²) in [5.74, 6) is -1.45. The van der Waals surface area contributed by atoms with E-state index in [1.54, 1.807) is 20.8 Å². The van der Waals surface area contributed by atoms with E-state index in [1.807, 2.05) is 44.2 Å². The summed E-state index contributed by atoms with van der Waals surface area (Å²) in [5.41, 5.74) is -1.40. The predicted molar refractivity (Wildman–Crippen MR) is 161 cm³/mol. The first-order valence-corrected chi connectivity index (χ1v) is 17.7. The normalized spacial score (nSPS) is 33.3. The van der Waals surface area contributed by atoms with Crippen LogP contribution in [0.2, 0.25) is 18.1 Å². The van der Waals surface area contributed by atoms with Crippen LogP contribution in [0.4, 0.5) is 0 Å². The summed E-state index contributed by atoms with van der Waals surface area (Å²) >= 11 is 0. The number of ketones is 2. The molecule has 2 aliphatic heterocycles. The van der Waals surface area contributed by atoms with E-state index >= 15 is 0 Å². The zero-order chi connectivity index (χ0) is 29.7. The van der Waals surface area contributed by atoms with Crippen LogP contribution >= 0.6 is 0 Å². The van der Waals surface area contributed by atoms with Crippen molar-refractivity contribution in [1.82, 2.24) is 0 Å². The van der Waals surface area contributed by atoms with Gasteiger partial charge in [-0.3, -0.25) is 14.4 Å². The van der Waals surface area contributed by atoms with Crippen LogP contribution < -0.4 is 0 Å². The van der Waals surface area contributed by atoms with Gasteiger partial charge in [0.1, 0.15) is 17.3 Å². The van der Waals surface area contributed by atoms with Gasteiger partial charge in [0.25, 0.3) is 0 Å². The van der Waals surface area contributed by atoms with Crippen molar-refractivity contribution in [2.75, 3.05) is 0 Å². The van der Waals surface area contributed by atoms with Crippen molar-refractivity contribution in [2.45, 2.75) is 135 Å². The molecule has 0 aromatic heterocycles. The van der Waals surface area contributed by atoms with Crippen LogP contribution in [-0.4, -0.2) is 60.8 Å². The van der Waals surface area contributed by atoms with Gasteiger partial charge in [-0.05, 0) is 63.2 Å². The molecule has 0 radical (unpaired) electrons. The Balaban J connectivity index is 0.00000588. The summed E-state index contributed by atoms with van der Waals surface area (Å²) in [6, 6.07) is 12.3. The summed E-state index contributed by atoms with van der Waals surface area (Å²) in [7, 11) is -2.28. The molecule has 0 saturated carbocycles. The number of rotatable bonds is 9. The van der Waals surface area contributed by atoms with E-state index in [-0.39, 0.29) is 42.4 Å². The lowest BCUT2D eigenvalue weighted by Crippen LogP contribution is -2.58. The summed E-state index contributed by atoms with van der Waals surface area (Å²) in [6.07, 6.45) is -0.808. The first kappa shape index (κ1) is 35.3. The van der Waals surface area contributed by atoms with E-state index in [0.29, 0.717) is 12.8 Å². The fraction of sp³-hybridized carbons (Fsp3) is 0.719. The number of carbonyl (C=O) groups is 3. The van der Waals surface area contributed by atoms with Crippen molar-refractivity contribution in [3.63, 3.8) is 0 Å². The third-order valence-electron chi connectivity index (χ3n) is 9.52. The van der Waals surface area contributed by atoms with Gasteiger partial charge in [-0.25, -0.2) is 0 Å². The number of ether oxygens (including phenoxy) is 3. The highest BCUT2D eigenvalue weighted by Gasteiger charge is 2.53. The van der Waals surface area contributed by atoms with Gasteiger partial charge in [-0.2, -0.15) is 0 Å². The standard InChI is InChI=1S/C32H50O7Si.H2O/c1-9-29-32(8,39-40(10-2,11-3)12-4)28(34)18-25-22(5)20-31(7,38-25)27(33)19-26(23(6)30(35)37-29)36-21-24-16-14-13-15-17-24;/h13-17,22-23,25-26,29H,9-12,18-21H2,1-8H3;1H2/t22-,23-,25-,26+,29-,31-,32+;/m1./s1. The van der Waals surface area contributed by atoms with Gasteiger partial charge in [-0.15, -0.1) is 0 Å². The number of carbonyl (C=O) groups excluding carboxylic acids is 3.